The number of benzene rings is 1. The summed E-state index contributed by atoms with van der Waals surface area (Å²) >= 11 is 0. The van der Waals surface area contributed by atoms with E-state index in [1.807, 2.05) is 0 Å². The lowest BCUT2D eigenvalue weighted by atomic mass is 10.0. The first-order valence-corrected chi connectivity index (χ1v) is 8.43. The van der Waals surface area contributed by atoms with E-state index >= 15 is 0 Å². The Morgan fingerprint density at radius 2 is 1.61 bits per heavy atom. The number of hydrogen-bond acceptors (Lipinski definition) is 2. The molecule has 1 heterocycles. The lowest BCUT2D eigenvalue weighted by molar-refractivity contribution is -0.143. The van der Waals surface area contributed by atoms with Crippen LogP contribution in [0.4, 0.5) is 26.3 Å². The van der Waals surface area contributed by atoms with Crippen molar-refractivity contribution in [3.05, 3.63) is 65.0 Å². The van der Waals surface area contributed by atoms with Crippen LogP contribution in [0.2, 0.25) is 0 Å². The monoisotopic (exact) mass is 404 g/mol. The molecule has 1 amide bonds. The van der Waals surface area contributed by atoms with E-state index in [-0.39, 0.29) is 17.3 Å². The Morgan fingerprint density at radius 1 is 1.04 bits per heavy atom. The van der Waals surface area contributed by atoms with Crippen LogP contribution in [0.15, 0.2) is 42.6 Å². The van der Waals surface area contributed by atoms with Gasteiger partial charge in [0.05, 0.1) is 11.1 Å². The van der Waals surface area contributed by atoms with Crippen molar-refractivity contribution in [3.63, 3.8) is 0 Å². The van der Waals surface area contributed by atoms with Crippen molar-refractivity contribution in [2.45, 2.75) is 45.2 Å². The van der Waals surface area contributed by atoms with E-state index in [1.54, 1.807) is 26.0 Å². The minimum atomic E-state index is -4.94. The van der Waals surface area contributed by atoms with Gasteiger partial charge in [-0.15, -0.1) is 0 Å². The maximum absolute atomic E-state index is 13.1. The summed E-state index contributed by atoms with van der Waals surface area (Å²) in [5.41, 5.74) is -3.02. The van der Waals surface area contributed by atoms with Crippen LogP contribution in [0.1, 0.15) is 47.4 Å². The molecule has 0 spiro atoms. The molecule has 2 aromatic rings. The number of halogens is 6. The van der Waals surface area contributed by atoms with E-state index in [0.717, 1.165) is 0 Å². The molecule has 0 aliphatic carbocycles. The maximum atomic E-state index is 13.1. The normalized spacial score (nSPS) is 13.3. The van der Waals surface area contributed by atoms with Gasteiger partial charge in [-0.1, -0.05) is 13.0 Å². The molecular formula is C19H18F6N2O. The van der Waals surface area contributed by atoms with Crippen LogP contribution in [0.3, 0.4) is 0 Å². The van der Waals surface area contributed by atoms with Gasteiger partial charge in [0.25, 0.3) is 5.91 Å². The van der Waals surface area contributed by atoms with Gasteiger partial charge in [0.2, 0.25) is 0 Å². The van der Waals surface area contributed by atoms with Crippen LogP contribution in [0, 0.1) is 0 Å². The molecule has 0 N–H and O–H groups in total. The molecule has 1 unspecified atom stereocenters. The number of alkyl halides is 6. The SMILES string of the molecule is CCC(C)N(Cc1cc(C(F)(F)F)cc(C(F)(F)F)c1)C(=O)c1ccccn1. The number of nitrogens with zero attached hydrogens (tertiary/aromatic N) is 2. The van der Waals surface area contributed by atoms with Crippen LogP contribution in [0.25, 0.3) is 0 Å². The zero-order valence-corrected chi connectivity index (χ0v) is 15.1. The largest absolute Gasteiger partial charge is 0.416 e. The van der Waals surface area contributed by atoms with Crippen molar-refractivity contribution in [2.24, 2.45) is 0 Å². The highest BCUT2D eigenvalue weighted by Crippen LogP contribution is 2.36. The molecular weight excluding hydrogens is 386 g/mol. The Morgan fingerprint density at radius 3 is 2.04 bits per heavy atom. The summed E-state index contributed by atoms with van der Waals surface area (Å²) in [5.74, 6) is -0.569. The first-order chi connectivity index (χ1) is 12.9. The zero-order chi connectivity index (χ0) is 21.1. The molecule has 0 saturated heterocycles. The average Bonchev–Trinajstić information content (AvgIpc) is 2.64. The number of rotatable bonds is 5. The Kier molecular flexibility index (Phi) is 6.36. The fourth-order valence-electron chi connectivity index (χ4n) is 2.59. The minimum Gasteiger partial charge on any atom is -0.330 e. The van der Waals surface area contributed by atoms with E-state index < -0.39 is 42.0 Å². The Labute approximate surface area is 158 Å². The second-order valence-electron chi connectivity index (χ2n) is 6.32. The molecule has 3 nitrogen and oxygen atoms in total. The quantitative estimate of drug-likeness (QED) is 0.612. The topological polar surface area (TPSA) is 33.2 Å². The molecule has 1 aromatic heterocycles. The molecule has 0 bridgehead atoms. The molecule has 28 heavy (non-hydrogen) atoms. The fourth-order valence-corrected chi connectivity index (χ4v) is 2.59. The smallest absolute Gasteiger partial charge is 0.330 e. The van der Waals surface area contributed by atoms with E-state index in [0.29, 0.717) is 18.6 Å². The average molecular weight is 404 g/mol. The number of amides is 1. The van der Waals surface area contributed by atoms with Crippen molar-refractivity contribution in [1.29, 1.82) is 0 Å². The summed E-state index contributed by atoms with van der Waals surface area (Å²) in [6.45, 7) is 3.02. The van der Waals surface area contributed by atoms with Gasteiger partial charge in [0, 0.05) is 18.8 Å². The number of carbonyl (C=O) groups excluding carboxylic acids is 1. The second kappa shape index (κ2) is 8.20. The number of carbonyl (C=O) groups is 1. The molecule has 0 aliphatic rings. The molecule has 0 aliphatic heterocycles. The summed E-state index contributed by atoms with van der Waals surface area (Å²) in [6.07, 6.45) is -8.04. The number of pyridine rings is 1. The molecule has 1 aromatic carbocycles. The van der Waals surface area contributed by atoms with Gasteiger partial charge in [-0.25, -0.2) is 0 Å². The molecule has 9 heteroatoms. The highest BCUT2D eigenvalue weighted by Gasteiger charge is 2.37. The van der Waals surface area contributed by atoms with Gasteiger partial charge in [-0.2, -0.15) is 26.3 Å². The summed E-state index contributed by atoms with van der Waals surface area (Å²) in [7, 11) is 0. The van der Waals surface area contributed by atoms with Crippen molar-refractivity contribution in [3.8, 4) is 0 Å². The molecule has 0 radical (unpaired) electrons. The maximum Gasteiger partial charge on any atom is 0.416 e. The van der Waals surface area contributed by atoms with Crippen LogP contribution in [-0.4, -0.2) is 21.8 Å². The van der Waals surface area contributed by atoms with Crippen LogP contribution >= 0.6 is 0 Å². The van der Waals surface area contributed by atoms with E-state index in [9.17, 15) is 31.1 Å². The zero-order valence-electron chi connectivity index (χ0n) is 15.1. The summed E-state index contributed by atoms with van der Waals surface area (Å²) in [6, 6.07) is 5.52. The summed E-state index contributed by atoms with van der Waals surface area (Å²) < 4.78 is 78.4. The van der Waals surface area contributed by atoms with Crippen LogP contribution in [0.5, 0.6) is 0 Å². The third-order valence-corrected chi connectivity index (χ3v) is 4.27. The first-order valence-electron chi connectivity index (χ1n) is 8.43. The lowest BCUT2D eigenvalue weighted by Crippen LogP contribution is -2.38. The second-order valence-corrected chi connectivity index (χ2v) is 6.32. The Bertz CT molecular complexity index is 785. The van der Waals surface area contributed by atoms with Gasteiger partial charge in [0.1, 0.15) is 5.69 Å². The van der Waals surface area contributed by atoms with E-state index in [1.165, 1.54) is 17.2 Å². The van der Waals surface area contributed by atoms with Crippen LogP contribution < -0.4 is 0 Å². The lowest BCUT2D eigenvalue weighted by Gasteiger charge is -2.29. The molecule has 152 valence electrons. The predicted octanol–water partition coefficient (Wildman–Crippen LogP) is 5.56. The first kappa shape index (κ1) is 21.7. The van der Waals surface area contributed by atoms with Gasteiger partial charge in [0.15, 0.2) is 0 Å². The van der Waals surface area contributed by atoms with Gasteiger partial charge < -0.3 is 4.90 Å². The Hall–Kier alpha value is -2.58. The highest BCUT2D eigenvalue weighted by molar-refractivity contribution is 5.92. The number of hydrogen-bond donors (Lipinski definition) is 0. The van der Waals surface area contributed by atoms with Gasteiger partial charge in [-0.05, 0) is 49.2 Å². The van der Waals surface area contributed by atoms with Crippen molar-refractivity contribution >= 4 is 5.91 Å². The fraction of sp³-hybridized carbons (Fsp3) is 0.368. The summed E-state index contributed by atoms with van der Waals surface area (Å²) in [5, 5.41) is 0. The van der Waals surface area contributed by atoms with E-state index in [4.69, 9.17) is 0 Å². The molecule has 0 fully saturated rings. The van der Waals surface area contributed by atoms with E-state index in [2.05, 4.69) is 4.98 Å². The molecule has 2 rings (SSSR count). The number of aromatic nitrogens is 1. The highest BCUT2D eigenvalue weighted by atomic mass is 19.4. The molecule has 0 saturated carbocycles. The third kappa shape index (κ3) is 5.24. The van der Waals surface area contributed by atoms with Gasteiger partial charge in [-0.3, -0.25) is 9.78 Å². The summed E-state index contributed by atoms with van der Waals surface area (Å²) in [4.78, 5) is 17.9. The van der Waals surface area contributed by atoms with Crippen molar-refractivity contribution < 1.29 is 31.1 Å². The standard InChI is InChI=1S/C19H18F6N2O/c1-3-12(2)27(17(28)16-6-4-5-7-26-16)11-13-8-14(18(20,21)22)10-15(9-13)19(23,24)25/h4-10,12H,3,11H2,1-2H3. The Balaban J connectivity index is 2.47. The van der Waals surface area contributed by atoms with Crippen molar-refractivity contribution in [1.82, 2.24) is 9.88 Å². The van der Waals surface area contributed by atoms with Gasteiger partial charge >= 0.3 is 12.4 Å². The third-order valence-electron chi connectivity index (χ3n) is 4.27. The molecule has 1 atom stereocenters. The van der Waals surface area contributed by atoms with Crippen LogP contribution in [-0.2, 0) is 18.9 Å². The predicted molar refractivity (Wildman–Crippen MR) is 90.3 cm³/mol. The van der Waals surface area contributed by atoms with Crippen molar-refractivity contribution in [2.75, 3.05) is 0 Å². The minimum absolute atomic E-state index is 0.0609.